The molecule has 0 spiro atoms. The fraction of sp³-hybridized carbons (Fsp3) is 0.176. The van der Waals surface area contributed by atoms with E-state index in [1.165, 1.54) is 5.56 Å². The Kier molecular flexibility index (Phi) is 5.49. The first-order chi connectivity index (χ1) is 10.6. The molecular formula is C17H19N3OS. The molecule has 0 fully saturated rings. The summed E-state index contributed by atoms with van der Waals surface area (Å²) in [6, 6.07) is 15.7. The van der Waals surface area contributed by atoms with Gasteiger partial charge in [0.25, 0.3) is 0 Å². The lowest BCUT2D eigenvalue weighted by Crippen LogP contribution is -2.25. The van der Waals surface area contributed by atoms with Gasteiger partial charge in [-0.25, -0.2) is 0 Å². The van der Waals surface area contributed by atoms with E-state index in [1.54, 1.807) is 7.11 Å². The van der Waals surface area contributed by atoms with E-state index in [0.29, 0.717) is 5.11 Å². The number of ether oxygens (including phenoxy) is 1. The molecule has 0 aliphatic heterocycles. The Morgan fingerprint density at radius 3 is 2.64 bits per heavy atom. The Morgan fingerprint density at radius 2 is 1.91 bits per heavy atom. The highest BCUT2D eigenvalue weighted by atomic mass is 32.1. The molecule has 5 heteroatoms. The van der Waals surface area contributed by atoms with Crippen LogP contribution in [-0.2, 0) is 0 Å². The summed E-state index contributed by atoms with van der Waals surface area (Å²) in [5, 5.41) is 7.85. The lowest BCUT2D eigenvalue weighted by Gasteiger charge is -2.10. The van der Waals surface area contributed by atoms with Crippen LogP contribution in [0.1, 0.15) is 18.1 Å². The van der Waals surface area contributed by atoms with Gasteiger partial charge < -0.3 is 10.1 Å². The molecule has 114 valence electrons. The van der Waals surface area contributed by atoms with Crippen LogP contribution in [0, 0.1) is 6.92 Å². The molecule has 0 bridgehead atoms. The summed E-state index contributed by atoms with van der Waals surface area (Å²) in [4.78, 5) is 0. The second kappa shape index (κ2) is 7.56. The van der Waals surface area contributed by atoms with Crippen LogP contribution >= 0.6 is 12.2 Å². The van der Waals surface area contributed by atoms with E-state index >= 15 is 0 Å². The first-order valence-electron chi connectivity index (χ1n) is 6.91. The average Bonchev–Trinajstić information content (AvgIpc) is 2.52. The monoisotopic (exact) mass is 313 g/mol. The zero-order chi connectivity index (χ0) is 15.9. The third-order valence-corrected chi connectivity index (χ3v) is 3.29. The number of anilines is 1. The molecule has 0 saturated carbocycles. The van der Waals surface area contributed by atoms with Gasteiger partial charge in [0.1, 0.15) is 5.75 Å². The van der Waals surface area contributed by atoms with Crippen molar-refractivity contribution in [3.63, 3.8) is 0 Å². The minimum atomic E-state index is 0.444. The van der Waals surface area contributed by atoms with Gasteiger partial charge >= 0.3 is 0 Å². The van der Waals surface area contributed by atoms with Crippen molar-refractivity contribution in [2.75, 3.05) is 12.4 Å². The fourth-order valence-corrected chi connectivity index (χ4v) is 2.18. The molecule has 2 aromatic rings. The molecule has 0 atom stereocenters. The topological polar surface area (TPSA) is 45.6 Å². The quantitative estimate of drug-likeness (QED) is 0.513. The smallest absolute Gasteiger partial charge is 0.191 e. The zero-order valence-corrected chi connectivity index (χ0v) is 13.7. The molecular weight excluding hydrogens is 294 g/mol. The largest absolute Gasteiger partial charge is 0.496 e. The van der Waals surface area contributed by atoms with E-state index in [4.69, 9.17) is 17.0 Å². The number of nitrogens with zero attached hydrogens (tertiary/aromatic N) is 1. The predicted octanol–water partition coefficient (Wildman–Crippen LogP) is 3.71. The number of rotatable bonds is 4. The van der Waals surface area contributed by atoms with Crippen molar-refractivity contribution in [2.45, 2.75) is 13.8 Å². The van der Waals surface area contributed by atoms with E-state index in [1.807, 2.05) is 62.4 Å². The Balaban J connectivity index is 2.02. The van der Waals surface area contributed by atoms with Crippen LogP contribution in [0.3, 0.4) is 0 Å². The van der Waals surface area contributed by atoms with Gasteiger partial charge in [-0.05, 0) is 55.9 Å². The Hall–Kier alpha value is -2.40. The molecule has 2 N–H and O–H groups in total. The molecule has 0 aliphatic rings. The number of thiocarbonyl (C=S) groups is 1. The van der Waals surface area contributed by atoms with Gasteiger partial charge in [-0.15, -0.1) is 0 Å². The number of benzene rings is 2. The van der Waals surface area contributed by atoms with E-state index in [-0.39, 0.29) is 0 Å². The summed E-state index contributed by atoms with van der Waals surface area (Å²) in [7, 11) is 1.64. The third kappa shape index (κ3) is 4.30. The maximum Gasteiger partial charge on any atom is 0.191 e. The van der Waals surface area contributed by atoms with Crippen LogP contribution in [0.25, 0.3) is 0 Å². The van der Waals surface area contributed by atoms with Gasteiger partial charge in [0.2, 0.25) is 0 Å². The molecule has 0 saturated heterocycles. The van der Waals surface area contributed by atoms with Crippen molar-refractivity contribution < 1.29 is 4.74 Å². The van der Waals surface area contributed by atoms with Crippen molar-refractivity contribution in [1.82, 2.24) is 5.43 Å². The van der Waals surface area contributed by atoms with Gasteiger partial charge in [0, 0.05) is 11.3 Å². The van der Waals surface area contributed by atoms with Gasteiger partial charge in [0.05, 0.1) is 12.8 Å². The molecule has 0 heterocycles. The maximum absolute atomic E-state index is 5.33. The molecule has 2 aromatic carbocycles. The lowest BCUT2D eigenvalue weighted by atomic mass is 10.1. The molecule has 0 aliphatic carbocycles. The van der Waals surface area contributed by atoms with Crippen LogP contribution in [-0.4, -0.2) is 17.9 Å². The highest BCUT2D eigenvalue weighted by Crippen LogP contribution is 2.17. The summed E-state index contributed by atoms with van der Waals surface area (Å²) in [5.74, 6) is 0.781. The summed E-state index contributed by atoms with van der Waals surface area (Å²) in [5.41, 5.74) is 6.68. The van der Waals surface area contributed by atoms with Crippen molar-refractivity contribution in [1.29, 1.82) is 0 Å². The van der Waals surface area contributed by atoms with Crippen molar-refractivity contribution in [3.05, 3.63) is 59.7 Å². The molecule has 0 unspecified atom stereocenters. The zero-order valence-electron chi connectivity index (χ0n) is 12.9. The third-order valence-electron chi connectivity index (χ3n) is 3.10. The van der Waals surface area contributed by atoms with E-state index in [0.717, 1.165) is 22.7 Å². The van der Waals surface area contributed by atoms with Crippen molar-refractivity contribution in [2.24, 2.45) is 5.10 Å². The minimum absolute atomic E-state index is 0.444. The number of para-hydroxylation sites is 1. The Labute approximate surface area is 136 Å². The number of hydrogen-bond donors (Lipinski definition) is 2. The number of hydrazone groups is 1. The normalized spacial score (nSPS) is 11.0. The number of hydrogen-bond acceptors (Lipinski definition) is 3. The summed E-state index contributed by atoms with van der Waals surface area (Å²) >= 11 is 5.25. The van der Waals surface area contributed by atoms with Gasteiger partial charge in [-0.2, -0.15) is 5.10 Å². The second-order valence-electron chi connectivity index (χ2n) is 4.83. The number of aryl methyl sites for hydroxylation is 1. The van der Waals surface area contributed by atoms with Crippen LogP contribution in [0.5, 0.6) is 5.75 Å². The predicted molar refractivity (Wildman–Crippen MR) is 95.7 cm³/mol. The fourth-order valence-electron chi connectivity index (χ4n) is 2.02. The van der Waals surface area contributed by atoms with Crippen LogP contribution in [0.4, 0.5) is 5.69 Å². The van der Waals surface area contributed by atoms with Gasteiger partial charge in [-0.1, -0.05) is 24.3 Å². The van der Waals surface area contributed by atoms with E-state index in [9.17, 15) is 0 Å². The average molecular weight is 313 g/mol. The van der Waals surface area contributed by atoms with Gasteiger partial charge in [-0.3, -0.25) is 5.43 Å². The molecule has 22 heavy (non-hydrogen) atoms. The minimum Gasteiger partial charge on any atom is -0.496 e. The van der Waals surface area contributed by atoms with Crippen LogP contribution < -0.4 is 15.5 Å². The van der Waals surface area contributed by atoms with E-state index < -0.39 is 0 Å². The second-order valence-corrected chi connectivity index (χ2v) is 5.24. The van der Waals surface area contributed by atoms with Crippen LogP contribution in [0.15, 0.2) is 53.6 Å². The van der Waals surface area contributed by atoms with Crippen molar-refractivity contribution >= 4 is 28.7 Å². The summed E-state index contributed by atoms with van der Waals surface area (Å²) in [6.07, 6.45) is 0. The molecule has 0 radical (unpaired) electrons. The Bertz CT molecular complexity index is 698. The van der Waals surface area contributed by atoms with E-state index in [2.05, 4.69) is 15.8 Å². The first-order valence-corrected chi connectivity index (χ1v) is 7.32. The SMILES string of the molecule is COc1ccccc1/C(C)=N/NC(=S)Nc1cccc(C)c1. The maximum atomic E-state index is 5.33. The highest BCUT2D eigenvalue weighted by molar-refractivity contribution is 7.80. The van der Waals surface area contributed by atoms with Crippen molar-refractivity contribution in [3.8, 4) is 5.75 Å². The molecule has 4 nitrogen and oxygen atoms in total. The summed E-state index contributed by atoms with van der Waals surface area (Å²) in [6.45, 7) is 3.94. The lowest BCUT2D eigenvalue weighted by molar-refractivity contribution is 0.414. The standard InChI is InChI=1S/C17H19N3OS/c1-12-7-6-8-14(11-12)18-17(22)20-19-13(2)15-9-4-5-10-16(15)21-3/h4-11H,1-3H3,(H2,18,20,22)/b19-13+. The highest BCUT2D eigenvalue weighted by Gasteiger charge is 2.05. The van der Waals surface area contributed by atoms with Gasteiger partial charge in [0.15, 0.2) is 5.11 Å². The number of nitrogens with one attached hydrogen (secondary N) is 2. The number of methoxy groups -OCH3 is 1. The van der Waals surface area contributed by atoms with Crippen LogP contribution in [0.2, 0.25) is 0 Å². The molecule has 0 amide bonds. The first kappa shape index (κ1) is 16.0. The molecule has 2 rings (SSSR count). The Morgan fingerprint density at radius 1 is 1.14 bits per heavy atom. The molecule has 0 aromatic heterocycles. The summed E-state index contributed by atoms with van der Waals surface area (Å²) < 4.78 is 5.33.